The van der Waals surface area contributed by atoms with Crippen molar-refractivity contribution in [3.05, 3.63) is 276 Å². The summed E-state index contributed by atoms with van der Waals surface area (Å²) < 4.78 is 38.9. The maximum absolute atomic E-state index is 12.9. The molecule has 4 atom stereocenters. The summed E-state index contributed by atoms with van der Waals surface area (Å²) in [5, 5.41) is 31.3. The van der Waals surface area contributed by atoms with Gasteiger partial charge < -0.3 is 87.2 Å². The van der Waals surface area contributed by atoms with Gasteiger partial charge in [-0.2, -0.15) is 0 Å². The van der Waals surface area contributed by atoms with Crippen LogP contribution < -0.4 is 62.7 Å². The molecule has 0 spiro atoms. The monoisotopic (exact) mass is 1940 g/mol. The molecule has 0 fully saturated rings. The second kappa shape index (κ2) is 65.9. The zero-order chi connectivity index (χ0) is 102. The number of rotatable bonds is 52. The van der Waals surface area contributed by atoms with Crippen molar-refractivity contribution in [3.8, 4) is 56.4 Å². The van der Waals surface area contributed by atoms with Crippen molar-refractivity contribution in [1.29, 1.82) is 0 Å². The molecule has 4 unspecified atom stereocenters. The standard InChI is InChI=1S/C33H40N2O4.C19H19NO4.2C18H30N2O2.C16H14O3.C14H23NO/c1-3-5-6-7-8-13-22-38-25-20-18-24(19-21-25)34-32(36)31(4-2)35-33(37)39-23-30-28-16-11-9-14-26(28)27-15-10-12-17-29(27)30;1-2-17(18(21)22)20-19(23)24-11-16-14-9-5-3-7-12(14)13-8-4-6-10-15(13)16;2*1-3-5-6-7-8-9-14-22-16-12-10-15(11-13-16)20-18(21)17(19)4-2;17-9-16(18)19-10-15-13-7-3-1-5-11(13)12-6-2-4-8-14(12)15;1-2-3-4-5-6-7-12-16-14-10-8-13(15)9-11-14/h9-12,14-21,30-31H,3-8,13,22-23H2,1-2H3,(H,34,36)(H,35,37);3-10,16-17H,2,11H2,1H3,(H,20,23)(H,21,22);2*10-13,17H,3-9,14,19H2,1-2H3,(H,20,21);1-8,15,17H,9-10H2;8-11H,2-7,12,15H2,1H3. The number of alkyl carbamates (subject to hydrolysis) is 2. The minimum absolute atomic E-state index is 0.0288. The van der Waals surface area contributed by atoms with E-state index in [1.54, 1.807) is 6.92 Å². The Balaban J connectivity index is 0.000000214. The number of carboxylic acid groups (broad SMARTS) is 1. The van der Waals surface area contributed by atoms with Crippen molar-refractivity contribution >= 4 is 64.6 Å². The topological polar surface area (TPSA) is 363 Å². The first kappa shape index (κ1) is 114. The lowest BCUT2D eigenvalue weighted by Gasteiger charge is -2.19. The molecular formula is C118H156N8O16. The number of aliphatic hydroxyl groups is 1. The van der Waals surface area contributed by atoms with Gasteiger partial charge in [-0.15, -0.1) is 0 Å². The Hall–Kier alpha value is -13.0. The molecule has 13 N–H and O–H groups in total. The molecule has 10 aromatic rings. The maximum atomic E-state index is 12.9. The van der Waals surface area contributed by atoms with Gasteiger partial charge in [-0.1, -0.05) is 329 Å². The SMILES string of the molecule is CCC(NC(=O)OCC1c2ccccc2-c2ccccc21)C(=O)O.CCCCCCCCOc1ccc(N)cc1.CCCCCCCCOc1ccc(NC(=O)C(CC)NC(=O)OCC2c3ccccc3-c3ccccc32)cc1.CCCCCCCCOc1ccc(NC(=O)C(N)CC)cc1.CCCCCCCCOc1ccc(NC(=O)C(N)CC)cc1.O=C(CO)OCC1c2ccccc2-c2ccccc21. The van der Waals surface area contributed by atoms with Crippen LogP contribution in [0.25, 0.3) is 33.4 Å². The lowest BCUT2D eigenvalue weighted by Crippen LogP contribution is -2.43. The molecule has 0 saturated heterocycles. The molecule has 13 rings (SSSR count). The number of hydrogen-bond donors (Lipinski definition) is 10. The molecule has 0 radical (unpaired) electrons. The number of carboxylic acids is 1. The summed E-state index contributed by atoms with van der Waals surface area (Å²) in [5.74, 6) is 1.15. The normalized spacial score (nSPS) is 12.4. The first-order chi connectivity index (χ1) is 69.2. The summed E-state index contributed by atoms with van der Waals surface area (Å²) in [7, 11) is 0. The minimum atomic E-state index is -1.06. The number of nitrogens with two attached hydrogens (primary N) is 3. The van der Waals surface area contributed by atoms with Gasteiger partial charge in [0, 0.05) is 40.5 Å². The summed E-state index contributed by atoms with van der Waals surface area (Å²) in [6.07, 6.45) is 30.9. The Bertz CT molecular complexity index is 5130. The number of ether oxygens (including phenoxy) is 7. The van der Waals surface area contributed by atoms with Crippen molar-refractivity contribution in [2.24, 2.45) is 11.5 Å². The Kier molecular flexibility index (Phi) is 53.0. The first-order valence-corrected chi connectivity index (χ1v) is 51.7. The summed E-state index contributed by atoms with van der Waals surface area (Å²) in [6.45, 7) is 19.3. The van der Waals surface area contributed by atoms with Gasteiger partial charge in [0.1, 0.15) is 61.5 Å². The zero-order valence-corrected chi connectivity index (χ0v) is 84.9. The zero-order valence-electron chi connectivity index (χ0n) is 84.9. The van der Waals surface area contributed by atoms with Gasteiger partial charge in [0.05, 0.1) is 38.5 Å². The number of nitrogens with one attached hydrogen (secondary N) is 5. The fourth-order valence-electron chi connectivity index (χ4n) is 16.7. The van der Waals surface area contributed by atoms with E-state index in [0.717, 1.165) is 119 Å². The molecule has 24 nitrogen and oxygen atoms in total. The fraction of sp³-hybridized carbons (Fsp3) is 0.432. The van der Waals surface area contributed by atoms with Crippen LogP contribution in [0.4, 0.5) is 32.3 Å². The van der Waals surface area contributed by atoms with Gasteiger partial charge in [-0.3, -0.25) is 14.4 Å². The third-order valence-corrected chi connectivity index (χ3v) is 25.1. The number of amides is 5. The largest absolute Gasteiger partial charge is 0.494 e. The van der Waals surface area contributed by atoms with Gasteiger partial charge in [0.25, 0.3) is 0 Å². The van der Waals surface area contributed by atoms with E-state index in [9.17, 15) is 33.6 Å². The number of hydrogen-bond acceptors (Lipinski definition) is 18. The van der Waals surface area contributed by atoms with Crippen LogP contribution in [0.1, 0.15) is 286 Å². The van der Waals surface area contributed by atoms with Gasteiger partial charge >= 0.3 is 24.1 Å². The molecule has 0 bridgehead atoms. The Morgan fingerprint density at radius 2 is 0.535 bits per heavy atom. The second-order valence-electron chi connectivity index (χ2n) is 35.9. The molecule has 0 saturated carbocycles. The lowest BCUT2D eigenvalue weighted by molar-refractivity contribution is -0.147. The van der Waals surface area contributed by atoms with Gasteiger partial charge in [-0.05, 0) is 215 Å². The van der Waals surface area contributed by atoms with Crippen molar-refractivity contribution in [2.45, 2.75) is 277 Å². The van der Waals surface area contributed by atoms with Gasteiger partial charge in [0.2, 0.25) is 17.7 Å². The van der Waals surface area contributed by atoms with Gasteiger partial charge in [-0.25, -0.2) is 19.2 Å². The molecule has 5 amide bonds. The van der Waals surface area contributed by atoms with Crippen molar-refractivity contribution in [3.63, 3.8) is 0 Å². The summed E-state index contributed by atoms with van der Waals surface area (Å²) in [6, 6.07) is 76.1. The van der Waals surface area contributed by atoms with E-state index < -0.39 is 54.9 Å². The fourth-order valence-corrected chi connectivity index (χ4v) is 16.7. The number of benzene rings is 10. The van der Waals surface area contributed by atoms with Crippen LogP contribution in [0.15, 0.2) is 243 Å². The van der Waals surface area contributed by atoms with E-state index in [1.807, 2.05) is 203 Å². The maximum Gasteiger partial charge on any atom is 0.407 e. The van der Waals surface area contributed by atoms with Crippen LogP contribution in [0.3, 0.4) is 0 Å². The minimum Gasteiger partial charge on any atom is -0.494 e. The number of nitrogen functional groups attached to an aromatic ring is 1. The van der Waals surface area contributed by atoms with Gasteiger partial charge in [0.15, 0.2) is 0 Å². The summed E-state index contributed by atoms with van der Waals surface area (Å²) in [5.41, 5.74) is 33.8. The number of aliphatic hydroxyl groups excluding tert-OH is 1. The smallest absolute Gasteiger partial charge is 0.407 e. The summed E-state index contributed by atoms with van der Waals surface area (Å²) in [4.78, 5) is 82.9. The Labute approximate surface area is 842 Å². The molecular weight excluding hydrogens is 1790 g/mol. The number of carbonyl (C=O) groups excluding carboxylic acids is 6. The molecule has 10 aromatic carbocycles. The van der Waals surface area contributed by atoms with Crippen LogP contribution in [0, 0.1) is 0 Å². The van der Waals surface area contributed by atoms with Crippen LogP contribution in [0.5, 0.6) is 23.0 Å². The quantitative estimate of drug-likeness (QED) is 0.00732. The molecule has 3 aliphatic carbocycles. The third kappa shape index (κ3) is 39.5. The average molecular weight is 1940 g/mol. The highest BCUT2D eigenvalue weighted by atomic mass is 16.6. The highest BCUT2D eigenvalue weighted by Gasteiger charge is 2.33. The molecule has 0 heterocycles. The Morgan fingerprint density at radius 1 is 0.296 bits per heavy atom. The van der Waals surface area contributed by atoms with E-state index in [-0.39, 0.29) is 55.3 Å². The predicted octanol–water partition coefficient (Wildman–Crippen LogP) is 25.6. The highest BCUT2D eigenvalue weighted by Crippen LogP contribution is 2.47. The van der Waals surface area contributed by atoms with E-state index in [4.69, 9.17) is 60.6 Å². The third-order valence-electron chi connectivity index (χ3n) is 25.1. The predicted molar refractivity (Wildman–Crippen MR) is 572 cm³/mol. The number of anilines is 4. The van der Waals surface area contributed by atoms with E-state index in [0.29, 0.717) is 38.0 Å². The van der Waals surface area contributed by atoms with Crippen molar-refractivity contribution < 1.29 is 76.9 Å². The molecule has 0 aromatic heterocycles. The number of esters is 1. The lowest BCUT2D eigenvalue weighted by atomic mass is 9.98. The number of fused-ring (bicyclic) bond motifs is 9. The highest BCUT2D eigenvalue weighted by molar-refractivity contribution is 5.97. The van der Waals surface area contributed by atoms with Crippen molar-refractivity contribution in [1.82, 2.24) is 10.6 Å². The van der Waals surface area contributed by atoms with E-state index >= 15 is 0 Å². The molecule has 142 heavy (non-hydrogen) atoms. The molecule has 24 heteroatoms. The first-order valence-electron chi connectivity index (χ1n) is 51.7. The molecule has 764 valence electrons. The number of aliphatic carboxylic acids is 1. The van der Waals surface area contributed by atoms with E-state index in [2.05, 4.69) is 115 Å². The van der Waals surface area contributed by atoms with E-state index in [1.165, 1.54) is 162 Å². The number of carbonyl (C=O) groups is 7. The van der Waals surface area contributed by atoms with Crippen LogP contribution >= 0.6 is 0 Å². The van der Waals surface area contributed by atoms with Crippen molar-refractivity contribution in [2.75, 3.05) is 74.5 Å². The average Bonchev–Trinajstić information content (AvgIpc) is 1.63. The van der Waals surface area contributed by atoms with Crippen LogP contribution in [-0.4, -0.2) is 129 Å². The Morgan fingerprint density at radius 3 is 0.789 bits per heavy atom. The molecule has 0 aliphatic heterocycles. The number of unbranched alkanes of at least 4 members (excludes halogenated alkanes) is 20. The summed E-state index contributed by atoms with van der Waals surface area (Å²) >= 11 is 0. The second-order valence-corrected chi connectivity index (χ2v) is 35.9. The van der Waals surface area contributed by atoms with Crippen LogP contribution in [0.2, 0.25) is 0 Å². The molecule has 3 aliphatic rings. The van der Waals surface area contributed by atoms with Crippen LogP contribution in [-0.2, 0) is 38.2 Å².